The first-order valence-corrected chi connectivity index (χ1v) is 19.5. The maximum absolute atomic E-state index is 6.53. The summed E-state index contributed by atoms with van der Waals surface area (Å²) in [5, 5.41) is 7.41. The monoisotopic (exact) mass is 708 g/mol. The van der Waals surface area contributed by atoms with E-state index in [2.05, 4.69) is 194 Å². The van der Waals surface area contributed by atoms with Gasteiger partial charge >= 0.3 is 0 Å². The molecule has 10 aromatic rings. The van der Waals surface area contributed by atoms with Crippen molar-refractivity contribution in [1.29, 1.82) is 0 Å². The highest BCUT2D eigenvalue weighted by Gasteiger charge is 2.52. The van der Waals surface area contributed by atoms with E-state index in [0.717, 1.165) is 17.1 Å². The SMILES string of the molecule is c1ccc2c(c1)-c1ccccc1C21c2cc(-c3ccc4c(c3)-c3cccc5cccc(c35)O4)ccc2-c2c1cc1ccccc1c2-c1ccc2ccccc2c1. The van der Waals surface area contributed by atoms with Crippen molar-refractivity contribution in [3.8, 4) is 67.1 Å². The van der Waals surface area contributed by atoms with E-state index in [-0.39, 0.29) is 0 Å². The van der Waals surface area contributed by atoms with Gasteiger partial charge in [-0.3, -0.25) is 0 Å². The van der Waals surface area contributed by atoms with E-state index >= 15 is 0 Å². The average molecular weight is 709 g/mol. The lowest BCUT2D eigenvalue weighted by atomic mass is 9.69. The minimum Gasteiger partial charge on any atom is -0.456 e. The van der Waals surface area contributed by atoms with Gasteiger partial charge in [-0.15, -0.1) is 0 Å². The molecule has 0 radical (unpaired) electrons. The van der Waals surface area contributed by atoms with Gasteiger partial charge in [0.1, 0.15) is 11.5 Å². The molecule has 0 saturated heterocycles. The van der Waals surface area contributed by atoms with Crippen molar-refractivity contribution >= 4 is 32.3 Å². The van der Waals surface area contributed by atoms with Crippen molar-refractivity contribution in [2.75, 3.05) is 0 Å². The van der Waals surface area contributed by atoms with Crippen LogP contribution in [-0.4, -0.2) is 0 Å². The second-order valence-corrected chi connectivity index (χ2v) is 15.5. The molecule has 258 valence electrons. The van der Waals surface area contributed by atoms with Gasteiger partial charge in [0.05, 0.1) is 5.41 Å². The maximum atomic E-state index is 6.53. The van der Waals surface area contributed by atoms with Gasteiger partial charge in [-0.1, -0.05) is 158 Å². The second kappa shape index (κ2) is 10.9. The topological polar surface area (TPSA) is 9.23 Å². The summed E-state index contributed by atoms with van der Waals surface area (Å²) < 4.78 is 6.53. The smallest absolute Gasteiger partial charge is 0.135 e. The highest BCUT2D eigenvalue weighted by molar-refractivity contribution is 6.12. The molecule has 0 N–H and O–H groups in total. The van der Waals surface area contributed by atoms with Crippen molar-refractivity contribution in [3.05, 3.63) is 216 Å². The first-order chi connectivity index (χ1) is 27.8. The van der Waals surface area contributed by atoms with Gasteiger partial charge in [0.15, 0.2) is 0 Å². The van der Waals surface area contributed by atoms with Crippen LogP contribution in [0.5, 0.6) is 11.5 Å². The fourth-order valence-corrected chi connectivity index (χ4v) is 10.5. The highest BCUT2D eigenvalue weighted by atomic mass is 16.5. The Labute approximate surface area is 324 Å². The minimum absolute atomic E-state index is 0.495. The van der Waals surface area contributed by atoms with Crippen molar-refractivity contribution in [3.63, 3.8) is 0 Å². The lowest BCUT2D eigenvalue weighted by Gasteiger charge is -2.31. The zero-order chi connectivity index (χ0) is 36.5. The molecule has 0 bridgehead atoms. The standard InChI is InChI=1S/C55H32O/c1-2-12-35-29-39(24-23-33(35)11-1)53-40-16-4-3-13-38(40)32-49-54(53)44-27-25-37(31-48(44)55(49)46-20-7-5-17-41(46)42-18-6-8-21-47(42)55)36-26-28-50-45(30-36)43-19-9-14-34-15-10-22-51(56-50)52(34)43/h1-32H. The molecule has 1 heterocycles. The molecule has 2 aliphatic carbocycles. The number of benzene rings is 10. The summed E-state index contributed by atoms with van der Waals surface area (Å²) in [5.41, 5.74) is 17.4. The zero-order valence-corrected chi connectivity index (χ0v) is 30.4. The molecular weight excluding hydrogens is 677 g/mol. The van der Waals surface area contributed by atoms with E-state index in [4.69, 9.17) is 4.74 Å². The zero-order valence-electron chi connectivity index (χ0n) is 30.4. The molecule has 0 unspecified atom stereocenters. The largest absolute Gasteiger partial charge is 0.456 e. The van der Waals surface area contributed by atoms with Gasteiger partial charge in [0, 0.05) is 10.9 Å². The quantitative estimate of drug-likeness (QED) is 0.174. The average Bonchev–Trinajstić information content (AvgIpc) is 3.72. The maximum Gasteiger partial charge on any atom is 0.135 e. The van der Waals surface area contributed by atoms with Crippen LogP contribution in [-0.2, 0) is 5.41 Å². The molecular formula is C55H32O. The Balaban J connectivity index is 1.13. The molecule has 0 fully saturated rings. The van der Waals surface area contributed by atoms with Crippen LogP contribution in [0.1, 0.15) is 22.3 Å². The van der Waals surface area contributed by atoms with Crippen molar-refractivity contribution in [1.82, 2.24) is 0 Å². The predicted molar refractivity (Wildman–Crippen MR) is 232 cm³/mol. The number of rotatable bonds is 2. The van der Waals surface area contributed by atoms with Gasteiger partial charge < -0.3 is 4.74 Å². The molecule has 10 aromatic carbocycles. The fraction of sp³-hybridized carbons (Fsp3) is 0.0182. The lowest BCUT2D eigenvalue weighted by molar-refractivity contribution is 0.487. The van der Waals surface area contributed by atoms with E-state index in [1.54, 1.807) is 0 Å². The van der Waals surface area contributed by atoms with Crippen molar-refractivity contribution < 1.29 is 4.74 Å². The second-order valence-electron chi connectivity index (χ2n) is 15.5. The number of hydrogen-bond donors (Lipinski definition) is 0. The summed E-state index contributed by atoms with van der Waals surface area (Å²) in [6.45, 7) is 0. The van der Waals surface area contributed by atoms with Crippen LogP contribution < -0.4 is 4.74 Å². The van der Waals surface area contributed by atoms with Crippen molar-refractivity contribution in [2.24, 2.45) is 0 Å². The number of ether oxygens (including phenoxy) is 1. The van der Waals surface area contributed by atoms with E-state index in [1.165, 1.54) is 105 Å². The third kappa shape index (κ3) is 3.84. The normalized spacial score (nSPS) is 13.6. The first kappa shape index (κ1) is 30.1. The molecule has 1 aliphatic heterocycles. The van der Waals surface area contributed by atoms with Gasteiger partial charge in [-0.2, -0.15) is 0 Å². The summed E-state index contributed by atoms with van der Waals surface area (Å²) in [6.07, 6.45) is 0. The summed E-state index contributed by atoms with van der Waals surface area (Å²) in [4.78, 5) is 0. The third-order valence-electron chi connectivity index (χ3n) is 12.8. The van der Waals surface area contributed by atoms with Gasteiger partial charge in [0.2, 0.25) is 0 Å². The van der Waals surface area contributed by atoms with Gasteiger partial charge in [0.25, 0.3) is 0 Å². The van der Waals surface area contributed by atoms with Crippen LogP contribution >= 0.6 is 0 Å². The summed E-state index contributed by atoms with van der Waals surface area (Å²) in [7, 11) is 0. The molecule has 1 spiro atoms. The Kier molecular flexibility index (Phi) is 5.89. The van der Waals surface area contributed by atoms with Crippen LogP contribution in [0.25, 0.3) is 88.0 Å². The molecule has 0 atom stereocenters. The Morgan fingerprint density at radius 2 is 0.946 bits per heavy atom. The number of fused-ring (bicyclic) bond motifs is 14. The van der Waals surface area contributed by atoms with E-state index in [9.17, 15) is 0 Å². The molecule has 1 nitrogen and oxygen atoms in total. The fourth-order valence-electron chi connectivity index (χ4n) is 10.5. The lowest BCUT2D eigenvalue weighted by Crippen LogP contribution is -2.26. The van der Waals surface area contributed by atoms with Crippen LogP contribution in [0.4, 0.5) is 0 Å². The minimum atomic E-state index is -0.495. The molecule has 1 heteroatoms. The van der Waals surface area contributed by atoms with Crippen molar-refractivity contribution in [2.45, 2.75) is 5.41 Å². The number of hydrogen-bond acceptors (Lipinski definition) is 1. The first-order valence-electron chi connectivity index (χ1n) is 19.5. The van der Waals surface area contributed by atoms with Gasteiger partial charge in [-0.25, -0.2) is 0 Å². The molecule has 0 aromatic heterocycles. The van der Waals surface area contributed by atoms with E-state index < -0.39 is 5.41 Å². The molecule has 56 heavy (non-hydrogen) atoms. The third-order valence-corrected chi connectivity index (χ3v) is 12.8. The predicted octanol–water partition coefficient (Wildman–Crippen LogP) is 14.6. The van der Waals surface area contributed by atoms with E-state index in [1.807, 2.05) is 0 Å². The Morgan fingerprint density at radius 3 is 1.79 bits per heavy atom. The highest BCUT2D eigenvalue weighted by Crippen LogP contribution is 2.65. The van der Waals surface area contributed by atoms with Crippen LogP contribution in [0.2, 0.25) is 0 Å². The van der Waals surface area contributed by atoms with E-state index in [0.29, 0.717) is 0 Å². The summed E-state index contributed by atoms with van der Waals surface area (Å²) in [6, 6.07) is 72.3. The molecule has 13 rings (SSSR count). The molecule has 0 saturated carbocycles. The Bertz CT molecular complexity index is 3300. The van der Waals surface area contributed by atoms with Crippen LogP contribution in [0, 0.1) is 0 Å². The Hall–Kier alpha value is -7.22. The molecule has 0 amide bonds. The molecule has 3 aliphatic rings. The summed E-state index contributed by atoms with van der Waals surface area (Å²) >= 11 is 0. The summed E-state index contributed by atoms with van der Waals surface area (Å²) in [5.74, 6) is 1.82. The van der Waals surface area contributed by atoms with Gasteiger partial charge in [-0.05, 0) is 136 Å². The van der Waals surface area contributed by atoms with Crippen LogP contribution in [0.15, 0.2) is 194 Å². The Morgan fingerprint density at radius 1 is 0.304 bits per heavy atom. The van der Waals surface area contributed by atoms with Crippen LogP contribution in [0.3, 0.4) is 0 Å².